The van der Waals surface area contributed by atoms with E-state index in [2.05, 4.69) is 56.2 Å². The topological polar surface area (TPSA) is 33.7 Å². The maximum Gasteiger partial charge on any atom is 0.250 e. The van der Waals surface area contributed by atoms with E-state index in [1.165, 1.54) is 30.6 Å². The summed E-state index contributed by atoms with van der Waals surface area (Å²) in [5, 5.41) is 3.82. The number of rotatable bonds is 3. The van der Waals surface area contributed by atoms with Crippen LogP contribution in [0.15, 0.2) is 12.1 Å². The second-order valence-electron chi connectivity index (χ2n) is 8.67. The van der Waals surface area contributed by atoms with E-state index in [-0.39, 0.29) is 5.04 Å². The highest BCUT2D eigenvalue weighted by Crippen LogP contribution is 2.42. The van der Waals surface area contributed by atoms with E-state index in [1.807, 2.05) is 0 Å². The normalized spacial score (nSPS) is 21.5. The number of methoxy groups -OCH3 is 1. The van der Waals surface area contributed by atoms with Gasteiger partial charge in [-0.1, -0.05) is 20.8 Å². The number of ether oxygens (including phenoxy) is 1. The number of hydrogen-bond acceptors (Lipinski definition) is 4. The molecule has 0 bridgehead atoms. The van der Waals surface area contributed by atoms with Crippen molar-refractivity contribution in [2.45, 2.75) is 64.3 Å². The quantitative estimate of drug-likeness (QED) is 0.817. The SMILES string of the molecule is COc1cc2c(cc1O[Si](C)(C)C(C)(C)C)NC[C@@H]1CCCN1C2. The van der Waals surface area contributed by atoms with Crippen LogP contribution in [0.1, 0.15) is 39.2 Å². The summed E-state index contributed by atoms with van der Waals surface area (Å²) in [7, 11) is -0.153. The molecule has 1 saturated heterocycles. The molecule has 0 aliphatic carbocycles. The van der Waals surface area contributed by atoms with Gasteiger partial charge in [0.05, 0.1) is 7.11 Å². The maximum absolute atomic E-state index is 6.55. The molecular formula is C19H32N2O2Si. The van der Waals surface area contributed by atoms with Crippen LogP contribution < -0.4 is 14.5 Å². The second-order valence-corrected chi connectivity index (χ2v) is 13.4. The van der Waals surface area contributed by atoms with Gasteiger partial charge in [0, 0.05) is 30.9 Å². The maximum atomic E-state index is 6.55. The standard InChI is InChI=1S/C19H32N2O2Si/c1-19(2,3)24(5,6)23-18-11-16-14(10-17(18)22-4)13-21-9-7-8-15(21)12-20-16/h10-11,15,20H,7-9,12-13H2,1-6H3/t15-/m0/s1. The first-order chi connectivity index (χ1) is 11.2. The fourth-order valence-electron chi connectivity index (χ4n) is 3.35. The van der Waals surface area contributed by atoms with Crippen molar-refractivity contribution in [2.75, 3.05) is 25.5 Å². The van der Waals surface area contributed by atoms with Gasteiger partial charge in [-0.05, 0) is 49.1 Å². The Morgan fingerprint density at radius 2 is 1.96 bits per heavy atom. The molecule has 2 aliphatic rings. The van der Waals surface area contributed by atoms with Crippen LogP contribution in [0.5, 0.6) is 11.5 Å². The third-order valence-corrected chi connectivity index (χ3v) is 10.3. The Kier molecular flexibility index (Phi) is 4.60. The first-order valence-corrected chi connectivity index (χ1v) is 12.0. The minimum atomic E-state index is -1.89. The van der Waals surface area contributed by atoms with Crippen molar-refractivity contribution < 1.29 is 9.16 Å². The second kappa shape index (κ2) is 6.26. The van der Waals surface area contributed by atoms with E-state index < -0.39 is 8.32 Å². The van der Waals surface area contributed by atoms with Gasteiger partial charge in [0.2, 0.25) is 0 Å². The molecule has 1 N–H and O–H groups in total. The summed E-state index contributed by atoms with van der Waals surface area (Å²) < 4.78 is 12.2. The number of fused-ring (bicyclic) bond motifs is 2. The van der Waals surface area contributed by atoms with Crippen molar-refractivity contribution in [3.05, 3.63) is 17.7 Å². The summed E-state index contributed by atoms with van der Waals surface area (Å²) >= 11 is 0. The van der Waals surface area contributed by atoms with Gasteiger partial charge in [-0.3, -0.25) is 4.90 Å². The summed E-state index contributed by atoms with van der Waals surface area (Å²) in [5.74, 6) is 1.75. The minimum absolute atomic E-state index is 0.168. The Hall–Kier alpha value is -1.20. The fourth-order valence-corrected chi connectivity index (χ4v) is 4.36. The van der Waals surface area contributed by atoms with E-state index in [4.69, 9.17) is 9.16 Å². The van der Waals surface area contributed by atoms with Gasteiger partial charge < -0.3 is 14.5 Å². The predicted octanol–water partition coefficient (Wildman–Crippen LogP) is 4.47. The van der Waals surface area contributed by atoms with Gasteiger partial charge in [-0.25, -0.2) is 0 Å². The molecule has 0 saturated carbocycles. The van der Waals surface area contributed by atoms with Crippen LogP contribution in [0.3, 0.4) is 0 Å². The molecule has 2 aliphatic heterocycles. The van der Waals surface area contributed by atoms with Gasteiger partial charge in [0.1, 0.15) is 5.75 Å². The molecule has 3 rings (SSSR count). The average Bonchev–Trinajstić information content (AvgIpc) is 2.85. The average molecular weight is 349 g/mol. The molecule has 1 atom stereocenters. The zero-order valence-corrected chi connectivity index (χ0v) is 17.0. The zero-order valence-electron chi connectivity index (χ0n) is 16.0. The number of benzene rings is 1. The summed E-state index contributed by atoms with van der Waals surface area (Å²) in [6, 6.07) is 5.00. The van der Waals surface area contributed by atoms with E-state index in [0.717, 1.165) is 24.6 Å². The molecule has 1 aromatic rings. The molecule has 0 radical (unpaired) electrons. The van der Waals surface area contributed by atoms with E-state index in [0.29, 0.717) is 6.04 Å². The molecular weight excluding hydrogens is 316 g/mol. The lowest BCUT2D eigenvalue weighted by Gasteiger charge is -2.37. The van der Waals surface area contributed by atoms with Crippen LogP contribution in [0.2, 0.25) is 18.1 Å². The van der Waals surface area contributed by atoms with Gasteiger partial charge in [-0.2, -0.15) is 0 Å². The van der Waals surface area contributed by atoms with Gasteiger partial charge in [-0.15, -0.1) is 0 Å². The molecule has 1 aromatic carbocycles. The Labute approximate surface area is 147 Å². The number of hydrogen-bond donors (Lipinski definition) is 1. The van der Waals surface area contributed by atoms with Crippen molar-refractivity contribution in [3.63, 3.8) is 0 Å². The third-order valence-electron chi connectivity index (χ3n) is 5.96. The lowest BCUT2D eigenvalue weighted by atomic mass is 10.1. The van der Waals surface area contributed by atoms with Crippen molar-refractivity contribution in [3.8, 4) is 11.5 Å². The Bertz CT molecular complexity index is 610. The molecule has 4 nitrogen and oxygen atoms in total. The lowest BCUT2D eigenvalue weighted by molar-refractivity contribution is 0.259. The van der Waals surface area contributed by atoms with Crippen molar-refractivity contribution in [2.24, 2.45) is 0 Å². The summed E-state index contributed by atoms with van der Waals surface area (Å²) in [6.07, 6.45) is 2.61. The Balaban J connectivity index is 1.92. The molecule has 24 heavy (non-hydrogen) atoms. The van der Waals surface area contributed by atoms with Crippen LogP contribution >= 0.6 is 0 Å². The van der Waals surface area contributed by atoms with Crippen LogP contribution in [0.25, 0.3) is 0 Å². The third kappa shape index (κ3) is 3.29. The predicted molar refractivity (Wildman–Crippen MR) is 103 cm³/mol. The Morgan fingerprint density at radius 1 is 1.21 bits per heavy atom. The summed E-state index contributed by atoms with van der Waals surface area (Å²) in [5.41, 5.74) is 2.53. The number of anilines is 1. The van der Waals surface area contributed by atoms with Gasteiger partial charge in [0.15, 0.2) is 5.75 Å². The van der Waals surface area contributed by atoms with E-state index in [1.54, 1.807) is 7.11 Å². The van der Waals surface area contributed by atoms with Gasteiger partial charge >= 0.3 is 0 Å². The van der Waals surface area contributed by atoms with Crippen LogP contribution in [-0.2, 0) is 6.54 Å². The van der Waals surface area contributed by atoms with E-state index >= 15 is 0 Å². The van der Waals surface area contributed by atoms with E-state index in [9.17, 15) is 0 Å². The molecule has 1 fully saturated rings. The molecule has 0 spiro atoms. The first-order valence-electron chi connectivity index (χ1n) is 9.09. The van der Waals surface area contributed by atoms with Crippen LogP contribution in [0.4, 0.5) is 5.69 Å². The summed E-state index contributed by atoms with van der Waals surface area (Å²) in [4.78, 5) is 2.59. The van der Waals surface area contributed by atoms with Crippen molar-refractivity contribution in [1.29, 1.82) is 0 Å². The highest BCUT2D eigenvalue weighted by Gasteiger charge is 2.40. The highest BCUT2D eigenvalue weighted by molar-refractivity contribution is 6.74. The zero-order chi connectivity index (χ0) is 17.5. The molecule has 134 valence electrons. The van der Waals surface area contributed by atoms with Gasteiger partial charge in [0.25, 0.3) is 8.32 Å². The smallest absolute Gasteiger partial charge is 0.250 e. The largest absolute Gasteiger partial charge is 0.541 e. The molecule has 5 heteroatoms. The molecule has 2 heterocycles. The van der Waals surface area contributed by atoms with Crippen molar-refractivity contribution in [1.82, 2.24) is 4.90 Å². The van der Waals surface area contributed by atoms with Crippen LogP contribution in [0, 0.1) is 0 Å². The van der Waals surface area contributed by atoms with Crippen LogP contribution in [-0.4, -0.2) is 39.5 Å². The first kappa shape index (κ1) is 17.6. The molecule has 0 aromatic heterocycles. The lowest BCUT2D eigenvalue weighted by Crippen LogP contribution is -2.43. The van der Waals surface area contributed by atoms with Crippen molar-refractivity contribution >= 4 is 14.0 Å². The summed E-state index contributed by atoms with van der Waals surface area (Å²) in [6.45, 7) is 14.6. The number of nitrogens with one attached hydrogen (secondary N) is 1. The number of nitrogens with zero attached hydrogens (tertiary/aromatic N) is 1. The minimum Gasteiger partial charge on any atom is -0.541 e. The molecule has 0 unspecified atom stereocenters. The highest BCUT2D eigenvalue weighted by atomic mass is 28.4. The fraction of sp³-hybridized carbons (Fsp3) is 0.684. The molecule has 0 amide bonds. The monoisotopic (exact) mass is 348 g/mol. The Morgan fingerprint density at radius 3 is 2.62 bits per heavy atom.